The number of nitrogens with one attached hydrogen (secondary N) is 1. The molecular weight excluding hydrogens is 282 g/mol. The number of para-hydroxylation sites is 1. The largest absolute Gasteiger partial charge is 0.348 e. The van der Waals surface area contributed by atoms with E-state index in [1.54, 1.807) is 6.20 Å². The van der Waals surface area contributed by atoms with Gasteiger partial charge in [0, 0.05) is 11.7 Å². The second-order valence-corrected chi connectivity index (χ2v) is 6.17. The molecule has 1 unspecified atom stereocenters. The summed E-state index contributed by atoms with van der Waals surface area (Å²) in [5.74, 6) is 0.591. The molecule has 1 amide bonds. The van der Waals surface area contributed by atoms with Gasteiger partial charge in [0.25, 0.3) is 5.91 Å². The van der Waals surface area contributed by atoms with Crippen LogP contribution in [-0.2, 0) is 0 Å². The summed E-state index contributed by atoms with van der Waals surface area (Å²) in [6, 6.07) is 10.1. The molecule has 0 aliphatic heterocycles. The summed E-state index contributed by atoms with van der Waals surface area (Å²) in [5, 5.41) is 3.92. The lowest BCUT2D eigenvalue weighted by Crippen LogP contribution is -2.35. The van der Waals surface area contributed by atoms with Gasteiger partial charge in [0.05, 0.1) is 6.20 Å². The van der Waals surface area contributed by atoms with E-state index in [1.165, 1.54) is 24.6 Å². The van der Waals surface area contributed by atoms with E-state index >= 15 is 0 Å². The van der Waals surface area contributed by atoms with Crippen molar-refractivity contribution in [1.29, 1.82) is 0 Å². The van der Waals surface area contributed by atoms with Crippen molar-refractivity contribution in [3.63, 3.8) is 0 Å². The Labute approximate surface area is 129 Å². The van der Waals surface area contributed by atoms with Crippen molar-refractivity contribution >= 4 is 17.7 Å². The van der Waals surface area contributed by atoms with Gasteiger partial charge in [0.15, 0.2) is 5.16 Å². The van der Waals surface area contributed by atoms with Crippen molar-refractivity contribution in [2.75, 3.05) is 6.26 Å². The smallest absolute Gasteiger partial charge is 0.270 e. The molecule has 2 aromatic rings. The molecule has 1 aromatic carbocycles. The Hall–Kier alpha value is -1.75. The average molecular weight is 301 g/mol. The van der Waals surface area contributed by atoms with Crippen molar-refractivity contribution in [3.05, 3.63) is 42.2 Å². The van der Waals surface area contributed by atoms with Gasteiger partial charge in [-0.3, -0.25) is 9.36 Å². The van der Waals surface area contributed by atoms with Crippen molar-refractivity contribution in [2.24, 2.45) is 5.92 Å². The van der Waals surface area contributed by atoms with E-state index in [0.717, 1.165) is 10.8 Å². The van der Waals surface area contributed by atoms with Crippen LogP contribution in [0.1, 0.15) is 30.3 Å². The SMILES string of the molecule is CSc1ncc(C(=O)NC(C)C2CC2)n1-c1ccccc1. The van der Waals surface area contributed by atoms with Crippen molar-refractivity contribution < 1.29 is 4.79 Å². The molecule has 0 bridgehead atoms. The van der Waals surface area contributed by atoms with E-state index in [2.05, 4.69) is 17.2 Å². The Morgan fingerprint density at radius 3 is 2.71 bits per heavy atom. The van der Waals surface area contributed by atoms with Gasteiger partial charge in [-0.2, -0.15) is 0 Å². The van der Waals surface area contributed by atoms with E-state index in [1.807, 2.05) is 41.2 Å². The third-order valence-corrected chi connectivity index (χ3v) is 4.50. The Morgan fingerprint density at radius 2 is 2.10 bits per heavy atom. The Balaban J connectivity index is 1.91. The van der Waals surface area contributed by atoms with E-state index in [9.17, 15) is 4.79 Å². The van der Waals surface area contributed by atoms with Crippen LogP contribution in [0.25, 0.3) is 5.69 Å². The maximum atomic E-state index is 12.5. The van der Waals surface area contributed by atoms with Crippen molar-refractivity contribution in [1.82, 2.24) is 14.9 Å². The van der Waals surface area contributed by atoms with Crippen LogP contribution in [0.15, 0.2) is 41.7 Å². The average Bonchev–Trinajstić information content (AvgIpc) is 3.27. The number of hydrogen-bond acceptors (Lipinski definition) is 3. The molecule has 1 N–H and O–H groups in total. The van der Waals surface area contributed by atoms with Gasteiger partial charge < -0.3 is 5.32 Å². The summed E-state index contributed by atoms with van der Waals surface area (Å²) >= 11 is 1.54. The lowest BCUT2D eigenvalue weighted by atomic mass is 10.2. The molecule has 4 nitrogen and oxygen atoms in total. The molecular formula is C16H19N3OS. The first-order valence-electron chi connectivity index (χ1n) is 7.18. The number of imidazole rings is 1. The van der Waals surface area contributed by atoms with Crippen LogP contribution >= 0.6 is 11.8 Å². The molecule has 21 heavy (non-hydrogen) atoms. The van der Waals surface area contributed by atoms with Gasteiger partial charge in [-0.05, 0) is 44.1 Å². The molecule has 1 aromatic heterocycles. The normalized spacial score (nSPS) is 15.7. The molecule has 1 aliphatic carbocycles. The third-order valence-electron chi connectivity index (χ3n) is 3.85. The maximum absolute atomic E-state index is 12.5. The van der Waals surface area contributed by atoms with Crippen molar-refractivity contribution in [3.8, 4) is 5.69 Å². The summed E-state index contributed by atoms with van der Waals surface area (Å²) < 4.78 is 1.92. The fourth-order valence-electron chi connectivity index (χ4n) is 2.46. The third kappa shape index (κ3) is 2.97. The molecule has 1 fully saturated rings. The van der Waals surface area contributed by atoms with Crippen LogP contribution in [0.2, 0.25) is 0 Å². The quantitative estimate of drug-likeness (QED) is 0.863. The lowest BCUT2D eigenvalue weighted by molar-refractivity contribution is 0.0928. The molecule has 110 valence electrons. The second kappa shape index (κ2) is 5.93. The highest BCUT2D eigenvalue weighted by molar-refractivity contribution is 7.98. The van der Waals surface area contributed by atoms with Gasteiger partial charge in [-0.15, -0.1) is 0 Å². The first-order valence-corrected chi connectivity index (χ1v) is 8.41. The molecule has 0 radical (unpaired) electrons. The van der Waals surface area contributed by atoms with Crippen LogP contribution in [0, 0.1) is 5.92 Å². The summed E-state index contributed by atoms with van der Waals surface area (Å²) in [6.45, 7) is 2.08. The van der Waals surface area contributed by atoms with E-state index in [4.69, 9.17) is 0 Å². The minimum atomic E-state index is -0.0500. The highest BCUT2D eigenvalue weighted by Gasteiger charge is 2.30. The Kier molecular flexibility index (Phi) is 4.01. The summed E-state index contributed by atoms with van der Waals surface area (Å²) in [4.78, 5) is 16.9. The number of thioether (sulfide) groups is 1. The molecule has 1 aliphatic rings. The van der Waals surface area contributed by atoms with Gasteiger partial charge in [0.1, 0.15) is 5.69 Å². The number of hydrogen-bond donors (Lipinski definition) is 1. The number of rotatable bonds is 5. The Morgan fingerprint density at radius 1 is 1.38 bits per heavy atom. The first kappa shape index (κ1) is 14.2. The zero-order chi connectivity index (χ0) is 14.8. The highest BCUT2D eigenvalue weighted by Crippen LogP contribution is 2.32. The predicted molar refractivity (Wildman–Crippen MR) is 85.0 cm³/mol. The standard InChI is InChI=1S/C16H19N3OS/c1-11(12-8-9-12)18-15(20)14-10-17-16(21-2)19(14)13-6-4-3-5-7-13/h3-7,10-12H,8-9H2,1-2H3,(H,18,20). The van der Waals surface area contributed by atoms with Gasteiger partial charge >= 0.3 is 0 Å². The molecule has 1 heterocycles. The molecule has 3 rings (SSSR count). The van der Waals surface area contributed by atoms with E-state index < -0.39 is 0 Å². The number of benzene rings is 1. The van der Waals surface area contributed by atoms with Gasteiger partial charge in [-0.1, -0.05) is 30.0 Å². The minimum absolute atomic E-state index is 0.0500. The molecule has 5 heteroatoms. The topological polar surface area (TPSA) is 46.9 Å². The fraction of sp³-hybridized carbons (Fsp3) is 0.375. The predicted octanol–water partition coefficient (Wildman–Crippen LogP) is 3.12. The zero-order valence-corrected chi connectivity index (χ0v) is 13.1. The summed E-state index contributed by atoms with van der Waals surface area (Å²) in [6.07, 6.45) is 6.06. The fourth-order valence-corrected chi connectivity index (χ4v) is 3.00. The summed E-state index contributed by atoms with van der Waals surface area (Å²) in [7, 11) is 0. The zero-order valence-electron chi connectivity index (χ0n) is 12.2. The number of carbonyl (C=O) groups excluding carboxylic acids is 1. The monoisotopic (exact) mass is 301 g/mol. The number of amides is 1. The number of carbonyl (C=O) groups is 1. The second-order valence-electron chi connectivity index (χ2n) is 5.40. The molecule has 0 spiro atoms. The lowest BCUT2D eigenvalue weighted by Gasteiger charge is -2.15. The minimum Gasteiger partial charge on any atom is -0.348 e. The van der Waals surface area contributed by atoms with E-state index in [0.29, 0.717) is 11.6 Å². The molecule has 0 saturated heterocycles. The van der Waals surface area contributed by atoms with Crippen LogP contribution in [-0.4, -0.2) is 27.8 Å². The summed E-state index contributed by atoms with van der Waals surface area (Å²) in [5.41, 5.74) is 1.56. The van der Waals surface area contributed by atoms with Crippen molar-refractivity contribution in [2.45, 2.75) is 31.0 Å². The van der Waals surface area contributed by atoms with Gasteiger partial charge in [-0.25, -0.2) is 4.98 Å². The van der Waals surface area contributed by atoms with E-state index in [-0.39, 0.29) is 11.9 Å². The van der Waals surface area contributed by atoms with Crippen LogP contribution in [0.5, 0.6) is 0 Å². The van der Waals surface area contributed by atoms with Crippen LogP contribution < -0.4 is 5.32 Å². The first-order chi connectivity index (χ1) is 10.2. The number of nitrogens with zero attached hydrogens (tertiary/aromatic N) is 2. The van der Waals surface area contributed by atoms with Gasteiger partial charge in [0.2, 0.25) is 0 Å². The Bertz CT molecular complexity index is 634. The van der Waals surface area contributed by atoms with Crippen LogP contribution in [0.4, 0.5) is 0 Å². The highest BCUT2D eigenvalue weighted by atomic mass is 32.2. The molecule has 1 saturated carbocycles. The maximum Gasteiger partial charge on any atom is 0.270 e. The van der Waals surface area contributed by atoms with Crippen LogP contribution in [0.3, 0.4) is 0 Å². The molecule has 1 atom stereocenters. The number of aromatic nitrogens is 2.